The van der Waals surface area contributed by atoms with Crippen LogP contribution in [0, 0.1) is 0 Å². The van der Waals surface area contributed by atoms with Gasteiger partial charge in [0, 0.05) is 0 Å². The van der Waals surface area contributed by atoms with Crippen molar-refractivity contribution in [1.82, 2.24) is 25.6 Å². The topological polar surface area (TPSA) is 107 Å². The number of halogens is 3. The summed E-state index contributed by atoms with van der Waals surface area (Å²) >= 11 is 0. The highest BCUT2D eigenvalue weighted by atomic mass is 19.4. The number of H-pyrrole nitrogens is 1. The van der Waals surface area contributed by atoms with Gasteiger partial charge in [-0.25, -0.2) is 10.1 Å². The smallest absolute Gasteiger partial charge is 0.438 e. The molecule has 1 aliphatic rings. The Bertz CT molecular complexity index is 959. The van der Waals surface area contributed by atoms with E-state index >= 15 is 0 Å². The molecule has 4 rings (SSSR count). The van der Waals surface area contributed by atoms with E-state index in [9.17, 15) is 13.2 Å². The van der Waals surface area contributed by atoms with Gasteiger partial charge in [-0.05, 0) is 40.3 Å². The van der Waals surface area contributed by atoms with Crippen molar-refractivity contribution in [1.29, 1.82) is 0 Å². The van der Waals surface area contributed by atoms with Crippen LogP contribution in [0.4, 0.5) is 13.2 Å². The van der Waals surface area contributed by atoms with E-state index in [4.69, 9.17) is 9.57 Å². The van der Waals surface area contributed by atoms with Gasteiger partial charge < -0.3 is 14.3 Å². The van der Waals surface area contributed by atoms with E-state index in [0.717, 1.165) is 0 Å². The van der Waals surface area contributed by atoms with Gasteiger partial charge >= 0.3 is 6.36 Å². The standard InChI is InChI=1S/C16H11F3N6O3/c17-16(18,19)27-10-3-1-9(2-4-10)13-7-14(23-28-13)26-11-5-6-12(20-8-11)15-21-24-25-22-15/h1-6,8,13H,7H2,(H,21,22,24,25)/t13-/m1/s1. The first-order valence-corrected chi connectivity index (χ1v) is 7.93. The summed E-state index contributed by atoms with van der Waals surface area (Å²) in [5, 5.41) is 17.2. The van der Waals surface area contributed by atoms with Crippen LogP contribution >= 0.6 is 0 Å². The molecule has 0 fully saturated rings. The molecule has 3 aromatic rings. The summed E-state index contributed by atoms with van der Waals surface area (Å²) in [5.41, 5.74) is 1.18. The van der Waals surface area contributed by atoms with E-state index in [1.807, 2.05) is 0 Å². The molecule has 9 nitrogen and oxygen atoms in total. The molecular formula is C16H11F3N6O3. The molecule has 28 heavy (non-hydrogen) atoms. The van der Waals surface area contributed by atoms with Crippen LogP contribution in [-0.2, 0) is 4.84 Å². The van der Waals surface area contributed by atoms with Crippen molar-refractivity contribution in [3.8, 4) is 23.0 Å². The van der Waals surface area contributed by atoms with Crippen LogP contribution < -0.4 is 9.47 Å². The summed E-state index contributed by atoms with van der Waals surface area (Å²) in [5.74, 6) is 0.871. The van der Waals surface area contributed by atoms with Crippen LogP contribution in [0.5, 0.6) is 11.5 Å². The molecule has 12 heteroatoms. The maximum atomic E-state index is 12.2. The number of hydrogen-bond donors (Lipinski definition) is 1. The highest BCUT2D eigenvalue weighted by Crippen LogP contribution is 2.30. The van der Waals surface area contributed by atoms with Gasteiger partial charge in [-0.2, -0.15) is 0 Å². The van der Waals surface area contributed by atoms with E-state index < -0.39 is 12.5 Å². The zero-order valence-corrected chi connectivity index (χ0v) is 13.9. The zero-order chi connectivity index (χ0) is 19.6. The molecule has 0 bridgehead atoms. The molecule has 1 N–H and O–H groups in total. The zero-order valence-electron chi connectivity index (χ0n) is 13.9. The average molecular weight is 392 g/mol. The molecular weight excluding hydrogens is 381 g/mol. The second-order valence-electron chi connectivity index (χ2n) is 5.63. The van der Waals surface area contributed by atoms with E-state index in [-0.39, 0.29) is 5.75 Å². The first kappa shape index (κ1) is 17.7. The SMILES string of the molecule is FC(F)(F)Oc1ccc([C@H]2CC(Oc3ccc(-c4nnn[nH]4)nc3)=NO2)cc1. The number of aromatic amines is 1. The Morgan fingerprint density at radius 1 is 1.07 bits per heavy atom. The maximum absolute atomic E-state index is 12.2. The van der Waals surface area contributed by atoms with Gasteiger partial charge in [0.05, 0.1) is 12.6 Å². The van der Waals surface area contributed by atoms with Crippen LogP contribution in [0.15, 0.2) is 47.8 Å². The van der Waals surface area contributed by atoms with Gasteiger partial charge in [0.15, 0.2) is 11.9 Å². The van der Waals surface area contributed by atoms with Crippen LogP contribution in [0.2, 0.25) is 0 Å². The molecule has 0 unspecified atom stereocenters. The molecule has 0 saturated heterocycles. The predicted octanol–water partition coefficient (Wildman–Crippen LogP) is 3.01. The van der Waals surface area contributed by atoms with Crippen LogP contribution in [-0.4, -0.2) is 37.9 Å². The Kier molecular flexibility index (Phi) is 4.51. The lowest BCUT2D eigenvalue weighted by molar-refractivity contribution is -0.274. The van der Waals surface area contributed by atoms with Crippen molar-refractivity contribution < 1.29 is 27.5 Å². The molecule has 3 heterocycles. The third-order valence-electron chi connectivity index (χ3n) is 3.69. The highest BCUT2D eigenvalue weighted by Gasteiger charge is 2.31. The number of nitrogens with one attached hydrogen (secondary N) is 1. The van der Waals surface area contributed by atoms with Crippen molar-refractivity contribution >= 4 is 5.90 Å². The largest absolute Gasteiger partial charge is 0.573 e. The molecule has 1 atom stereocenters. The third kappa shape index (κ3) is 4.16. The number of alkyl halides is 3. The number of oxime groups is 1. The molecule has 2 aromatic heterocycles. The Labute approximate surface area is 155 Å². The van der Waals surface area contributed by atoms with Crippen molar-refractivity contribution in [2.24, 2.45) is 5.16 Å². The summed E-state index contributed by atoms with van der Waals surface area (Å²) < 4.78 is 46.1. The summed E-state index contributed by atoms with van der Waals surface area (Å²) in [6.45, 7) is 0. The molecule has 1 aliphatic heterocycles. The maximum Gasteiger partial charge on any atom is 0.573 e. The minimum atomic E-state index is -4.73. The predicted molar refractivity (Wildman–Crippen MR) is 87.0 cm³/mol. The Morgan fingerprint density at radius 2 is 1.86 bits per heavy atom. The number of tetrazole rings is 1. The lowest BCUT2D eigenvalue weighted by Gasteiger charge is -2.11. The van der Waals surface area contributed by atoms with Crippen molar-refractivity contribution in [2.75, 3.05) is 0 Å². The second kappa shape index (κ2) is 7.13. The number of benzene rings is 1. The summed E-state index contributed by atoms with van der Waals surface area (Å²) in [7, 11) is 0. The average Bonchev–Trinajstić information content (AvgIpc) is 3.34. The van der Waals surface area contributed by atoms with Gasteiger partial charge in [0.1, 0.15) is 17.2 Å². The molecule has 0 amide bonds. The normalized spacial score (nSPS) is 16.4. The van der Waals surface area contributed by atoms with Gasteiger partial charge in [-0.3, -0.25) is 0 Å². The van der Waals surface area contributed by atoms with E-state index in [0.29, 0.717) is 35.1 Å². The monoisotopic (exact) mass is 392 g/mol. The fourth-order valence-electron chi connectivity index (χ4n) is 2.46. The Hall–Kier alpha value is -3.70. The number of aromatic nitrogens is 5. The first-order valence-electron chi connectivity index (χ1n) is 7.93. The quantitative estimate of drug-likeness (QED) is 0.727. The van der Waals surface area contributed by atoms with Crippen LogP contribution in [0.1, 0.15) is 18.1 Å². The van der Waals surface area contributed by atoms with Crippen LogP contribution in [0.25, 0.3) is 11.5 Å². The number of nitrogens with zero attached hydrogens (tertiary/aromatic N) is 5. The Morgan fingerprint density at radius 3 is 2.50 bits per heavy atom. The van der Waals surface area contributed by atoms with Gasteiger partial charge in [-0.15, -0.1) is 18.3 Å². The van der Waals surface area contributed by atoms with Crippen molar-refractivity contribution in [3.05, 3.63) is 48.2 Å². The molecule has 0 saturated carbocycles. The lowest BCUT2D eigenvalue weighted by atomic mass is 10.1. The van der Waals surface area contributed by atoms with Crippen molar-refractivity contribution in [2.45, 2.75) is 18.9 Å². The molecule has 0 spiro atoms. The fourth-order valence-corrected chi connectivity index (χ4v) is 2.46. The number of ether oxygens (including phenoxy) is 2. The number of hydrogen-bond acceptors (Lipinski definition) is 8. The van der Waals surface area contributed by atoms with Gasteiger partial charge in [0.2, 0.25) is 5.90 Å². The minimum Gasteiger partial charge on any atom is -0.438 e. The van der Waals surface area contributed by atoms with E-state index in [1.165, 1.54) is 30.5 Å². The van der Waals surface area contributed by atoms with E-state index in [2.05, 4.69) is 35.5 Å². The molecule has 0 aliphatic carbocycles. The summed E-state index contributed by atoms with van der Waals surface area (Å²) in [4.78, 5) is 9.47. The number of pyridine rings is 1. The molecule has 0 radical (unpaired) electrons. The summed E-state index contributed by atoms with van der Waals surface area (Å²) in [6, 6.07) is 8.73. The molecule has 144 valence electrons. The highest BCUT2D eigenvalue weighted by molar-refractivity contribution is 5.79. The van der Waals surface area contributed by atoms with E-state index in [1.54, 1.807) is 12.1 Å². The molecule has 1 aromatic carbocycles. The third-order valence-corrected chi connectivity index (χ3v) is 3.69. The van der Waals surface area contributed by atoms with Gasteiger partial charge in [0.25, 0.3) is 0 Å². The van der Waals surface area contributed by atoms with Gasteiger partial charge in [-0.1, -0.05) is 17.3 Å². The summed E-state index contributed by atoms with van der Waals surface area (Å²) in [6.07, 6.45) is -3.41. The number of rotatable bonds is 4. The van der Waals surface area contributed by atoms with Crippen LogP contribution in [0.3, 0.4) is 0 Å². The fraction of sp³-hybridized carbons (Fsp3) is 0.188. The lowest BCUT2D eigenvalue weighted by Crippen LogP contribution is -2.17. The van der Waals surface area contributed by atoms with Crippen molar-refractivity contribution in [3.63, 3.8) is 0 Å². The first-order chi connectivity index (χ1) is 13.5. The minimum absolute atomic E-state index is 0.306. The Balaban J connectivity index is 1.35. The second-order valence-corrected chi connectivity index (χ2v) is 5.63.